The highest BCUT2D eigenvalue weighted by Gasteiger charge is 2.39. The fourth-order valence-corrected chi connectivity index (χ4v) is 3.36. The maximum atomic E-state index is 12.0. The van der Waals surface area contributed by atoms with Crippen LogP contribution in [0.5, 0.6) is 0 Å². The second kappa shape index (κ2) is 4.52. The summed E-state index contributed by atoms with van der Waals surface area (Å²) in [4.78, 5) is 12.0. The van der Waals surface area contributed by atoms with Gasteiger partial charge in [-0.3, -0.25) is 4.79 Å². The molecule has 0 spiro atoms. The summed E-state index contributed by atoms with van der Waals surface area (Å²) >= 11 is 1.78. The van der Waals surface area contributed by atoms with E-state index in [1.54, 1.807) is 11.8 Å². The molecule has 0 bridgehead atoms. The summed E-state index contributed by atoms with van der Waals surface area (Å²) < 4.78 is 0. The Hall–Kier alpha value is -0.240. The Kier molecular flexibility index (Phi) is 3.82. The summed E-state index contributed by atoms with van der Waals surface area (Å²) in [7, 11) is 0. The lowest BCUT2D eigenvalue weighted by atomic mass is 9.91. The Morgan fingerprint density at radius 2 is 1.93 bits per heavy atom. The first-order valence-corrected chi connectivity index (χ1v) is 6.24. The summed E-state index contributed by atoms with van der Waals surface area (Å²) in [6.45, 7) is 12.5. The molecule has 1 aliphatic rings. The lowest BCUT2D eigenvalue weighted by molar-refractivity contribution is -0.120. The van der Waals surface area contributed by atoms with Crippen molar-refractivity contribution in [3.8, 4) is 0 Å². The van der Waals surface area contributed by atoms with E-state index in [1.165, 1.54) is 0 Å². The van der Waals surface area contributed by atoms with Gasteiger partial charge in [-0.15, -0.1) is 11.8 Å². The molecule has 1 fully saturated rings. The third-order valence-corrected chi connectivity index (χ3v) is 3.89. The summed E-state index contributed by atoms with van der Waals surface area (Å²) in [5, 5.41) is 0.706. The van der Waals surface area contributed by atoms with Crippen LogP contribution in [-0.4, -0.2) is 16.3 Å². The van der Waals surface area contributed by atoms with Crippen molar-refractivity contribution in [3.05, 3.63) is 12.2 Å². The second-order valence-corrected chi connectivity index (χ2v) is 6.44. The lowest BCUT2D eigenvalue weighted by Crippen LogP contribution is -2.21. The highest BCUT2D eigenvalue weighted by molar-refractivity contribution is 8.01. The zero-order valence-electron chi connectivity index (χ0n) is 9.54. The van der Waals surface area contributed by atoms with Crippen LogP contribution in [0.25, 0.3) is 0 Å². The molecular formula is C12H20OS. The van der Waals surface area contributed by atoms with Gasteiger partial charge in [0, 0.05) is 5.92 Å². The molecule has 0 heterocycles. The Morgan fingerprint density at radius 3 is 2.29 bits per heavy atom. The minimum absolute atomic E-state index is 0.117. The Labute approximate surface area is 91.3 Å². The third kappa shape index (κ3) is 2.41. The number of ketones is 1. The average molecular weight is 212 g/mol. The summed E-state index contributed by atoms with van der Waals surface area (Å²) in [6, 6.07) is 0. The minimum atomic E-state index is 0.117. The van der Waals surface area contributed by atoms with Crippen molar-refractivity contribution in [2.45, 2.75) is 44.6 Å². The Balaban J connectivity index is 2.69. The molecule has 2 heteroatoms. The predicted molar refractivity (Wildman–Crippen MR) is 63.6 cm³/mol. The van der Waals surface area contributed by atoms with Crippen molar-refractivity contribution in [2.24, 2.45) is 11.8 Å². The van der Waals surface area contributed by atoms with Gasteiger partial charge in [-0.1, -0.05) is 39.8 Å². The number of hydrogen-bond acceptors (Lipinski definition) is 2. The highest BCUT2D eigenvalue weighted by Crippen LogP contribution is 2.39. The van der Waals surface area contributed by atoms with Crippen molar-refractivity contribution in [1.29, 1.82) is 0 Å². The van der Waals surface area contributed by atoms with E-state index < -0.39 is 0 Å². The van der Waals surface area contributed by atoms with Crippen LogP contribution in [0.15, 0.2) is 12.2 Å². The number of carbonyl (C=O) groups excluding carboxylic acids is 1. The van der Waals surface area contributed by atoms with Crippen LogP contribution in [0.2, 0.25) is 0 Å². The van der Waals surface area contributed by atoms with Crippen molar-refractivity contribution in [1.82, 2.24) is 0 Å². The minimum Gasteiger partial charge on any atom is -0.298 e. The first kappa shape index (κ1) is 11.8. The van der Waals surface area contributed by atoms with Gasteiger partial charge in [0.1, 0.15) is 0 Å². The molecule has 1 aliphatic carbocycles. The van der Waals surface area contributed by atoms with Gasteiger partial charge < -0.3 is 0 Å². The van der Waals surface area contributed by atoms with Gasteiger partial charge in [-0.25, -0.2) is 0 Å². The van der Waals surface area contributed by atoms with Gasteiger partial charge in [-0.05, 0) is 17.6 Å². The highest BCUT2D eigenvalue weighted by atomic mass is 32.2. The molecule has 14 heavy (non-hydrogen) atoms. The van der Waals surface area contributed by atoms with Gasteiger partial charge >= 0.3 is 0 Å². The molecule has 2 atom stereocenters. The molecule has 2 unspecified atom stereocenters. The quantitative estimate of drug-likeness (QED) is 0.668. The van der Waals surface area contributed by atoms with Crippen LogP contribution in [-0.2, 0) is 4.79 Å². The zero-order chi connectivity index (χ0) is 10.9. The topological polar surface area (TPSA) is 17.1 Å². The number of Topliss-reactive ketones (excluding diaryl/α,β-unsaturated/α-hetero) is 1. The molecule has 0 aliphatic heterocycles. The van der Waals surface area contributed by atoms with Crippen molar-refractivity contribution in [2.75, 3.05) is 0 Å². The SMILES string of the molecule is C=C1CC(SC(C)C)C(=O)C1C(C)C. The van der Waals surface area contributed by atoms with E-state index in [1.807, 2.05) is 0 Å². The molecular weight excluding hydrogens is 192 g/mol. The van der Waals surface area contributed by atoms with Crippen LogP contribution in [0.3, 0.4) is 0 Å². The second-order valence-electron chi connectivity index (χ2n) is 4.66. The van der Waals surface area contributed by atoms with Gasteiger partial charge in [0.25, 0.3) is 0 Å². The predicted octanol–water partition coefficient (Wildman–Crippen LogP) is 3.30. The van der Waals surface area contributed by atoms with Crippen LogP contribution < -0.4 is 0 Å². The van der Waals surface area contributed by atoms with Crippen LogP contribution in [0.4, 0.5) is 0 Å². The maximum Gasteiger partial charge on any atom is 0.153 e. The van der Waals surface area contributed by atoms with E-state index in [9.17, 15) is 4.79 Å². The Bertz CT molecular complexity index is 243. The molecule has 0 amide bonds. The van der Waals surface area contributed by atoms with Crippen molar-refractivity contribution >= 4 is 17.5 Å². The van der Waals surface area contributed by atoms with Crippen LogP contribution >= 0.6 is 11.8 Å². The molecule has 1 rings (SSSR count). The zero-order valence-corrected chi connectivity index (χ0v) is 10.4. The number of rotatable bonds is 3. The van der Waals surface area contributed by atoms with E-state index in [4.69, 9.17) is 0 Å². The number of thioether (sulfide) groups is 1. The van der Waals surface area contributed by atoms with E-state index in [0.29, 0.717) is 17.0 Å². The van der Waals surface area contributed by atoms with Crippen molar-refractivity contribution in [3.63, 3.8) is 0 Å². The number of hydrogen-bond donors (Lipinski definition) is 0. The molecule has 0 aromatic rings. The first-order valence-electron chi connectivity index (χ1n) is 5.30. The Morgan fingerprint density at radius 1 is 1.36 bits per heavy atom. The van der Waals surface area contributed by atoms with Crippen LogP contribution in [0, 0.1) is 11.8 Å². The monoisotopic (exact) mass is 212 g/mol. The van der Waals surface area contributed by atoms with E-state index in [0.717, 1.165) is 12.0 Å². The molecule has 0 aromatic carbocycles. The van der Waals surface area contributed by atoms with Crippen molar-refractivity contribution < 1.29 is 4.79 Å². The van der Waals surface area contributed by atoms with Gasteiger partial charge in [0.15, 0.2) is 5.78 Å². The fraction of sp³-hybridized carbons (Fsp3) is 0.750. The molecule has 0 aromatic heterocycles. The summed E-state index contributed by atoms with van der Waals surface area (Å²) in [5.74, 6) is 0.933. The molecule has 0 N–H and O–H groups in total. The summed E-state index contributed by atoms with van der Waals surface area (Å²) in [6.07, 6.45) is 0.893. The standard InChI is InChI=1S/C12H20OS/c1-7(2)11-9(5)6-10(12(11)13)14-8(3)4/h7-8,10-11H,5-6H2,1-4H3. The van der Waals surface area contributed by atoms with Crippen LogP contribution in [0.1, 0.15) is 34.1 Å². The molecule has 0 radical (unpaired) electrons. The van der Waals surface area contributed by atoms with Gasteiger partial charge in [0.2, 0.25) is 0 Å². The molecule has 1 saturated carbocycles. The summed E-state index contributed by atoms with van der Waals surface area (Å²) in [5.41, 5.74) is 1.14. The first-order chi connectivity index (χ1) is 6.43. The molecule has 0 saturated heterocycles. The average Bonchev–Trinajstić information content (AvgIpc) is 2.25. The molecule has 1 nitrogen and oxygen atoms in total. The lowest BCUT2D eigenvalue weighted by Gasteiger charge is -2.15. The van der Waals surface area contributed by atoms with Gasteiger partial charge in [0.05, 0.1) is 5.25 Å². The van der Waals surface area contributed by atoms with E-state index in [2.05, 4.69) is 34.3 Å². The van der Waals surface area contributed by atoms with E-state index >= 15 is 0 Å². The largest absolute Gasteiger partial charge is 0.298 e. The third-order valence-electron chi connectivity index (χ3n) is 2.61. The fourth-order valence-electron chi connectivity index (χ4n) is 2.11. The normalized spacial score (nSPS) is 28.1. The maximum absolute atomic E-state index is 12.0. The smallest absolute Gasteiger partial charge is 0.153 e. The number of carbonyl (C=O) groups is 1. The van der Waals surface area contributed by atoms with E-state index in [-0.39, 0.29) is 11.2 Å². The number of allylic oxidation sites excluding steroid dienone is 1. The van der Waals surface area contributed by atoms with Gasteiger partial charge in [-0.2, -0.15) is 0 Å². The molecule has 80 valence electrons.